The van der Waals surface area contributed by atoms with Gasteiger partial charge in [0.15, 0.2) is 0 Å². The number of rotatable bonds is 5. The summed E-state index contributed by atoms with van der Waals surface area (Å²) in [5, 5.41) is 4.16. The highest BCUT2D eigenvalue weighted by molar-refractivity contribution is 7.99. The van der Waals surface area contributed by atoms with Crippen LogP contribution in [0.4, 0.5) is 0 Å². The molecule has 2 aromatic rings. The van der Waals surface area contributed by atoms with Crippen LogP contribution in [-0.4, -0.2) is 15.5 Å². The molecule has 0 spiro atoms. The van der Waals surface area contributed by atoms with Crippen molar-refractivity contribution < 1.29 is 0 Å². The van der Waals surface area contributed by atoms with Crippen LogP contribution in [0.2, 0.25) is 0 Å². The van der Waals surface area contributed by atoms with Crippen molar-refractivity contribution in [3.63, 3.8) is 0 Å². The molecule has 0 saturated carbocycles. The molecule has 0 saturated heterocycles. The fourth-order valence-corrected chi connectivity index (χ4v) is 2.63. The fourth-order valence-electron chi connectivity index (χ4n) is 1.65. The lowest BCUT2D eigenvalue weighted by molar-refractivity contribution is 0.767. The van der Waals surface area contributed by atoms with Gasteiger partial charge in [0.1, 0.15) is 0 Å². The second kappa shape index (κ2) is 5.89. The van der Waals surface area contributed by atoms with Gasteiger partial charge in [0.25, 0.3) is 0 Å². The van der Waals surface area contributed by atoms with Crippen molar-refractivity contribution in [2.45, 2.75) is 17.9 Å². The lowest BCUT2D eigenvalue weighted by Crippen LogP contribution is -1.95. The first-order valence-electron chi connectivity index (χ1n) is 5.67. The van der Waals surface area contributed by atoms with Gasteiger partial charge in [-0.2, -0.15) is 5.10 Å². The minimum atomic E-state index is 0.608. The number of hydrogen-bond acceptors (Lipinski definition) is 3. The van der Waals surface area contributed by atoms with E-state index >= 15 is 0 Å². The van der Waals surface area contributed by atoms with Crippen molar-refractivity contribution in [3.05, 3.63) is 47.8 Å². The predicted octanol–water partition coefficient (Wildman–Crippen LogP) is 2.21. The number of aromatic nitrogens is 2. The molecule has 1 aromatic heterocycles. The molecular formula is C13H17N3S. The fraction of sp³-hybridized carbons (Fsp3) is 0.308. The molecule has 0 aliphatic carbocycles. The monoisotopic (exact) mass is 247 g/mol. The first-order chi connectivity index (χ1) is 8.28. The number of nitrogens with two attached hydrogens (primary N) is 1. The number of hydrogen-bond donors (Lipinski definition) is 1. The van der Waals surface area contributed by atoms with E-state index in [2.05, 4.69) is 35.6 Å². The first-order valence-corrected chi connectivity index (χ1v) is 6.66. The highest BCUT2D eigenvalue weighted by Crippen LogP contribution is 2.20. The number of benzene rings is 1. The zero-order valence-corrected chi connectivity index (χ0v) is 10.8. The highest BCUT2D eigenvalue weighted by Gasteiger charge is 1.99. The minimum absolute atomic E-state index is 0.608. The van der Waals surface area contributed by atoms with E-state index in [9.17, 15) is 0 Å². The average molecular weight is 247 g/mol. The molecule has 0 aliphatic rings. The minimum Gasteiger partial charge on any atom is -0.326 e. The van der Waals surface area contributed by atoms with Crippen LogP contribution in [0, 0.1) is 0 Å². The Labute approximate surface area is 106 Å². The Hall–Kier alpha value is -1.26. The maximum absolute atomic E-state index is 5.62. The number of aryl methyl sites for hydroxylation is 2. The molecule has 0 atom stereocenters. The van der Waals surface area contributed by atoms with Gasteiger partial charge < -0.3 is 5.73 Å². The molecule has 1 heterocycles. The van der Waals surface area contributed by atoms with E-state index in [0.29, 0.717) is 6.54 Å². The van der Waals surface area contributed by atoms with Crippen LogP contribution in [0.15, 0.2) is 41.6 Å². The highest BCUT2D eigenvalue weighted by atomic mass is 32.2. The van der Waals surface area contributed by atoms with Gasteiger partial charge in [-0.25, -0.2) is 0 Å². The first kappa shape index (κ1) is 12.2. The maximum atomic E-state index is 5.62. The van der Waals surface area contributed by atoms with Crippen molar-refractivity contribution in [1.29, 1.82) is 0 Å². The smallest absolute Gasteiger partial charge is 0.0521 e. The van der Waals surface area contributed by atoms with Crippen LogP contribution in [0.5, 0.6) is 0 Å². The topological polar surface area (TPSA) is 43.8 Å². The van der Waals surface area contributed by atoms with Gasteiger partial charge in [0.2, 0.25) is 0 Å². The summed E-state index contributed by atoms with van der Waals surface area (Å²) in [6.45, 7) is 0.608. The van der Waals surface area contributed by atoms with Gasteiger partial charge in [-0.1, -0.05) is 12.1 Å². The SMILES string of the molecule is Cn1cc(CCSc2cccc(CN)c2)cn1. The van der Waals surface area contributed by atoms with E-state index in [-0.39, 0.29) is 0 Å². The van der Waals surface area contributed by atoms with E-state index in [1.54, 1.807) is 0 Å². The molecule has 0 radical (unpaired) electrons. The van der Waals surface area contributed by atoms with E-state index in [1.807, 2.05) is 29.7 Å². The van der Waals surface area contributed by atoms with Gasteiger partial charge in [0, 0.05) is 30.4 Å². The maximum Gasteiger partial charge on any atom is 0.0521 e. The molecule has 0 amide bonds. The summed E-state index contributed by atoms with van der Waals surface area (Å²) in [5.74, 6) is 1.07. The number of nitrogens with zero attached hydrogens (tertiary/aromatic N) is 2. The summed E-state index contributed by atoms with van der Waals surface area (Å²) in [7, 11) is 1.95. The van der Waals surface area contributed by atoms with Crippen molar-refractivity contribution in [2.75, 3.05) is 5.75 Å². The Morgan fingerprint density at radius 2 is 2.24 bits per heavy atom. The third-order valence-corrected chi connectivity index (χ3v) is 3.55. The summed E-state index contributed by atoms with van der Waals surface area (Å²) < 4.78 is 1.84. The van der Waals surface area contributed by atoms with Crippen molar-refractivity contribution >= 4 is 11.8 Å². The standard InChI is InChI=1S/C13H17N3S/c1-16-10-12(9-15-16)5-6-17-13-4-2-3-11(7-13)8-14/h2-4,7,9-10H,5-6,8,14H2,1H3. The van der Waals surface area contributed by atoms with Gasteiger partial charge in [-0.15, -0.1) is 11.8 Å². The summed E-state index contributed by atoms with van der Waals surface area (Å²) in [6, 6.07) is 8.42. The van der Waals surface area contributed by atoms with E-state index in [1.165, 1.54) is 16.0 Å². The van der Waals surface area contributed by atoms with Crippen LogP contribution in [0.1, 0.15) is 11.1 Å². The van der Waals surface area contributed by atoms with Crippen LogP contribution >= 0.6 is 11.8 Å². The molecule has 2 rings (SSSR count). The normalized spacial score (nSPS) is 10.7. The average Bonchev–Trinajstić information content (AvgIpc) is 2.75. The van der Waals surface area contributed by atoms with Gasteiger partial charge in [0.05, 0.1) is 6.20 Å². The summed E-state index contributed by atoms with van der Waals surface area (Å²) in [5.41, 5.74) is 8.10. The van der Waals surface area contributed by atoms with Gasteiger partial charge in [-0.05, 0) is 29.7 Å². The molecule has 3 nitrogen and oxygen atoms in total. The molecule has 0 unspecified atom stereocenters. The third kappa shape index (κ3) is 3.61. The van der Waals surface area contributed by atoms with E-state index in [4.69, 9.17) is 5.73 Å². The van der Waals surface area contributed by atoms with Crippen molar-refractivity contribution in [2.24, 2.45) is 12.8 Å². The van der Waals surface area contributed by atoms with Crippen molar-refractivity contribution in [3.8, 4) is 0 Å². The second-order valence-corrected chi connectivity index (χ2v) is 5.14. The van der Waals surface area contributed by atoms with Gasteiger partial charge in [-0.3, -0.25) is 4.68 Å². The second-order valence-electron chi connectivity index (χ2n) is 3.97. The third-order valence-electron chi connectivity index (χ3n) is 2.55. The largest absolute Gasteiger partial charge is 0.326 e. The summed E-state index contributed by atoms with van der Waals surface area (Å²) in [6.07, 6.45) is 5.04. The Kier molecular flexibility index (Phi) is 4.23. The van der Waals surface area contributed by atoms with Crippen LogP contribution in [-0.2, 0) is 20.0 Å². The zero-order valence-electron chi connectivity index (χ0n) is 9.97. The summed E-state index contributed by atoms with van der Waals surface area (Å²) in [4.78, 5) is 1.29. The van der Waals surface area contributed by atoms with Crippen LogP contribution < -0.4 is 5.73 Å². The molecule has 90 valence electrons. The lowest BCUT2D eigenvalue weighted by Gasteiger charge is -2.02. The van der Waals surface area contributed by atoms with E-state index in [0.717, 1.165) is 12.2 Å². The summed E-state index contributed by atoms with van der Waals surface area (Å²) >= 11 is 1.86. The Morgan fingerprint density at radius 3 is 2.94 bits per heavy atom. The van der Waals surface area contributed by atoms with E-state index < -0.39 is 0 Å². The molecule has 17 heavy (non-hydrogen) atoms. The molecular weight excluding hydrogens is 230 g/mol. The van der Waals surface area contributed by atoms with Crippen LogP contribution in [0.3, 0.4) is 0 Å². The Balaban J connectivity index is 1.85. The number of thioether (sulfide) groups is 1. The predicted molar refractivity (Wildman–Crippen MR) is 72.0 cm³/mol. The lowest BCUT2D eigenvalue weighted by atomic mass is 10.2. The Morgan fingerprint density at radius 1 is 1.35 bits per heavy atom. The molecule has 0 bridgehead atoms. The van der Waals surface area contributed by atoms with Crippen LogP contribution in [0.25, 0.3) is 0 Å². The quantitative estimate of drug-likeness (QED) is 0.824. The Bertz CT molecular complexity index is 479. The van der Waals surface area contributed by atoms with Gasteiger partial charge >= 0.3 is 0 Å². The molecule has 4 heteroatoms. The molecule has 0 fully saturated rings. The molecule has 0 aliphatic heterocycles. The van der Waals surface area contributed by atoms with Crippen molar-refractivity contribution in [1.82, 2.24) is 9.78 Å². The molecule has 1 aromatic carbocycles. The molecule has 2 N–H and O–H groups in total. The zero-order chi connectivity index (χ0) is 12.1.